The van der Waals surface area contributed by atoms with Crippen molar-refractivity contribution in [3.8, 4) is 5.75 Å². The summed E-state index contributed by atoms with van der Waals surface area (Å²) < 4.78 is 5.18. The number of nitrogens with one attached hydrogen (secondary N) is 1. The second-order valence-corrected chi connectivity index (χ2v) is 4.30. The monoisotopic (exact) mass is 268 g/mol. The van der Waals surface area contributed by atoms with E-state index in [9.17, 15) is 9.59 Å². The molecule has 100 valence electrons. The molecule has 0 fully saturated rings. The van der Waals surface area contributed by atoms with Crippen LogP contribution in [0.4, 0.5) is 11.4 Å². The summed E-state index contributed by atoms with van der Waals surface area (Å²) in [5.41, 5.74) is 0.487. The number of benzene rings is 1. The Kier molecular flexibility index (Phi) is 2.95. The van der Waals surface area contributed by atoms with Gasteiger partial charge in [0.15, 0.2) is 5.75 Å². The Morgan fingerprint density at radius 2 is 1.95 bits per heavy atom. The first-order valence-electron chi connectivity index (χ1n) is 6.29. The van der Waals surface area contributed by atoms with Gasteiger partial charge >= 0.3 is 0 Å². The van der Waals surface area contributed by atoms with E-state index in [1.807, 2.05) is 30.3 Å². The minimum absolute atomic E-state index is 0.102. The minimum Gasteiger partial charge on any atom is -0.488 e. The number of anilines is 2. The average molecular weight is 268 g/mol. The third-order valence-corrected chi connectivity index (χ3v) is 3.05. The summed E-state index contributed by atoms with van der Waals surface area (Å²) in [5, 5.41) is 3.91. The van der Waals surface area contributed by atoms with Gasteiger partial charge in [-0.1, -0.05) is 18.2 Å². The minimum atomic E-state index is -0.581. The van der Waals surface area contributed by atoms with Crippen LogP contribution in [0, 0.1) is 0 Å². The van der Waals surface area contributed by atoms with Crippen molar-refractivity contribution in [3.63, 3.8) is 0 Å². The third-order valence-electron chi connectivity index (χ3n) is 3.05. The van der Waals surface area contributed by atoms with Crippen LogP contribution in [0.15, 0.2) is 46.1 Å². The summed E-state index contributed by atoms with van der Waals surface area (Å²) in [5.74, 6) is 0.102. The van der Waals surface area contributed by atoms with E-state index in [0.717, 1.165) is 10.9 Å². The van der Waals surface area contributed by atoms with Gasteiger partial charge < -0.3 is 10.1 Å². The Bertz CT molecular complexity index is 842. The largest absolute Gasteiger partial charge is 0.488 e. The molecule has 0 aliphatic carbocycles. The number of para-hydroxylation sites is 1. The number of hydrogen-bond donors (Lipinski definition) is 1. The van der Waals surface area contributed by atoms with E-state index in [0.29, 0.717) is 12.3 Å². The predicted octanol–water partition coefficient (Wildman–Crippen LogP) is 1.97. The zero-order chi connectivity index (χ0) is 14.1. The van der Waals surface area contributed by atoms with Crippen molar-refractivity contribution >= 4 is 22.3 Å². The van der Waals surface area contributed by atoms with Gasteiger partial charge in [0.1, 0.15) is 5.69 Å². The van der Waals surface area contributed by atoms with E-state index in [-0.39, 0.29) is 11.4 Å². The smallest absolute Gasteiger partial charge is 0.272 e. The molecule has 0 saturated heterocycles. The fourth-order valence-corrected chi connectivity index (χ4v) is 2.11. The van der Waals surface area contributed by atoms with Gasteiger partial charge in [-0.25, -0.2) is 0 Å². The molecule has 0 atom stereocenters. The summed E-state index contributed by atoms with van der Waals surface area (Å²) in [6, 6.07) is 9.37. The molecule has 3 aromatic rings. The van der Waals surface area contributed by atoms with Crippen LogP contribution in [0.5, 0.6) is 5.75 Å². The van der Waals surface area contributed by atoms with Crippen molar-refractivity contribution in [1.82, 2.24) is 4.98 Å². The standard InChI is InChI=1S/C15H12N2O3/c1-2-20-15-12(13(18)14(15)19)17-10-7-3-5-9-6-4-8-16-11(9)10/h3-8,17H,2H2,1H3. The zero-order valence-electron chi connectivity index (χ0n) is 10.8. The second-order valence-electron chi connectivity index (χ2n) is 4.30. The molecule has 0 saturated carbocycles. The molecule has 3 rings (SSSR count). The molecule has 1 heterocycles. The van der Waals surface area contributed by atoms with Crippen LogP contribution < -0.4 is 20.9 Å². The second kappa shape index (κ2) is 4.77. The van der Waals surface area contributed by atoms with Gasteiger partial charge in [-0.3, -0.25) is 14.6 Å². The molecule has 20 heavy (non-hydrogen) atoms. The molecule has 0 amide bonds. The maximum Gasteiger partial charge on any atom is 0.272 e. The van der Waals surface area contributed by atoms with Crippen LogP contribution >= 0.6 is 0 Å². The lowest BCUT2D eigenvalue weighted by Crippen LogP contribution is -2.35. The van der Waals surface area contributed by atoms with Gasteiger partial charge in [-0.05, 0) is 19.1 Å². The van der Waals surface area contributed by atoms with E-state index in [1.165, 1.54) is 0 Å². The third kappa shape index (κ3) is 1.84. The van der Waals surface area contributed by atoms with Gasteiger partial charge in [0.2, 0.25) is 0 Å². The quantitative estimate of drug-likeness (QED) is 0.733. The molecule has 5 heteroatoms. The van der Waals surface area contributed by atoms with E-state index in [1.54, 1.807) is 13.1 Å². The van der Waals surface area contributed by atoms with Crippen LogP contribution in [0.3, 0.4) is 0 Å². The Morgan fingerprint density at radius 1 is 1.15 bits per heavy atom. The molecule has 0 spiro atoms. The summed E-state index contributed by atoms with van der Waals surface area (Å²) in [4.78, 5) is 27.3. The van der Waals surface area contributed by atoms with Crippen molar-refractivity contribution < 1.29 is 4.74 Å². The maximum absolute atomic E-state index is 11.6. The Balaban J connectivity index is 2.05. The van der Waals surface area contributed by atoms with E-state index >= 15 is 0 Å². The number of rotatable bonds is 4. The molecular formula is C15H12N2O3. The van der Waals surface area contributed by atoms with Crippen LogP contribution in [0.1, 0.15) is 6.92 Å². The Hall–Kier alpha value is -2.69. The van der Waals surface area contributed by atoms with Gasteiger partial charge in [0.25, 0.3) is 10.9 Å². The van der Waals surface area contributed by atoms with Gasteiger partial charge in [-0.15, -0.1) is 0 Å². The first-order valence-corrected chi connectivity index (χ1v) is 6.29. The van der Waals surface area contributed by atoms with Crippen molar-refractivity contribution in [2.24, 2.45) is 0 Å². The molecule has 5 nitrogen and oxygen atoms in total. The highest BCUT2D eigenvalue weighted by molar-refractivity contribution is 5.92. The van der Waals surface area contributed by atoms with E-state index in [4.69, 9.17) is 4.74 Å². The first kappa shape index (κ1) is 12.3. The molecule has 0 aliphatic rings. The highest BCUT2D eigenvalue weighted by atomic mass is 16.5. The lowest BCUT2D eigenvalue weighted by molar-refractivity contribution is 0.335. The number of pyridine rings is 1. The maximum atomic E-state index is 11.6. The lowest BCUT2D eigenvalue weighted by Gasteiger charge is -2.14. The van der Waals surface area contributed by atoms with Crippen LogP contribution in [0.25, 0.3) is 10.9 Å². The molecule has 1 N–H and O–H groups in total. The number of fused-ring (bicyclic) bond motifs is 1. The van der Waals surface area contributed by atoms with Crippen molar-refractivity contribution in [2.45, 2.75) is 6.92 Å². The lowest BCUT2D eigenvalue weighted by atomic mass is 10.1. The highest BCUT2D eigenvalue weighted by Gasteiger charge is 2.22. The van der Waals surface area contributed by atoms with E-state index < -0.39 is 10.9 Å². The molecule has 0 unspecified atom stereocenters. The van der Waals surface area contributed by atoms with Crippen molar-refractivity contribution in [3.05, 3.63) is 57.0 Å². The molecule has 1 aromatic heterocycles. The number of ether oxygens (including phenoxy) is 1. The molecule has 0 bridgehead atoms. The van der Waals surface area contributed by atoms with Crippen LogP contribution in [0.2, 0.25) is 0 Å². The summed E-state index contributed by atoms with van der Waals surface area (Å²) in [6.07, 6.45) is 1.68. The summed E-state index contributed by atoms with van der Waals surface area (Å²) >= 11 is 0. The van der Waals surface area contributed by atoms with Crippen LogP contribution in [-0.2, 0) is 0 Å². The Labute approximate surface area is 114 Å². The summed E-state index contributed by atoms with van der Waals surface area (Å²) in [7, 11) is 0. The number of hydrogen-bond acceptors (Lipinski definition) is 5. The topological polar surface area (TPSA) is 68.3 Å². The number of aromatic nitrogens is 1. The highest BCUT2D eigenvalue weighted by Crippen LogP contribution is 2.27. The van der Waals surface area contributed by atoms with Crippen molar-refractivity contribution in [1.29, 1.82) is 0 Å². The van der Waals surface area contributed by atoms with E-state index in [2.05, 4.69) is 10.3 Å². The first-order chi connectivity index (χ1) is 9.72. The normalized spacial score (nSPS) is 10.8. The SMILES string of the molecule is CCOc1c(Nc2cccc3cccnc23)c(=O)c1=O. The Morgan fingerprint density at radius 3 is 2.75 bits per heavy atom. The average Bonchev–Trinajstić information content (AvgIpc) is 2.50. The molecular weight excluding hydrogens is 256 g/mol. The predicted molar refractivity (Wildman–Crippen MR) is 77.5 cm³/mol. The fraction of sp³-hybridized carbons (Fsp3) is 0.133. The van der Waals surface area contributed by atoms with Gasteiger partial charge in [-0.2, -0.15) is 0 Å². The fourth-order valence-electron chi connectivity index (χ4n) is 2.11. The molecule has 0 radical (unpaired) electrons. The van der Waals surface area contributed by atoms with Crippen molar-refractivity contribution in [2.75, 3.05) is 11.9 Å². The van der Waals surface area contributed by atoms with Crippen LogP contribution in [-0.4, -0.2) is 11.6 Å². The van der Waals surface area contributed by atoms with Gasteiger partial charge in [0, 0.05) is 11.6 Å². The number of nitrogens with zero attached hydrogens (tertiary/aromatic N) is 1. The summed E-state index contributed by atoms with van der Waals surface area (Å²) in [6.45, 7) is 2.10. The molecule has 2 aromatic carbocycles. The zero-order valence-corrected chi connectivity index (χ0v) is 10.8. The molecule has 0 aliphatic heterocycles. The van der Waals surface area contributed by atoms with Gasteiger partial charge in [0.05, 0.1) is 17.8 Å².